The largest absolute Gasteiger partial charge is 0.383 e. The number of nitrogens with zero attached hydrogens (tertiary/aromatic N) is 3. The predicted octanol–water partition coefficient (Wildman–Crippen LogP) is 0.987. The van der Waals surface area contributed by atoms with E-state index in [0.717, 1.165) is 5.82 Å². The predicted molar refractivity (Wildman–Crippen MR) is 55.1 cm³/mol. The van der Waals surface area contributed by atoms with Crippen molar-refractivity contribution < 1.29 is 4.79 Å². The van der Waals surface area contributed by atoms with Gasteiger partial charge in [0.15, 0.2) is 0 Å². The number of hydrogen-bond donors (Lipinski definition) is 0. The van der Waals surface area contributed by atoms with E-state index in [1.54, 1.807) is 12.4 Å². The highest BCUT2D eigenvalue weighted by atomic mass is 16.1. The number of aryl methyl sites for hydroxylation is 2. The van der Waals surface area contributed by atoms with E-state index in [9.17, 15) is 4.79 Å². The molecule has 1 heterocycles. The second-order valence-electron chi connectivity index (χ2n) is 3.43. The Balaban J connectivity index is 2.80. The van der Waals surface area contributed by atoms with Gasteiger partial charge in [-0.2, -0.15) is 0 Å². The van der Waals surface area contributed by atoms with Crippen LogP contribution in [0.1, 0.15) is 16.3 Å². The first-order valence-electron chi connectivity index (χ1n) is 4.39. The second kappa shape index (κ2) is 4.09. The molecule has 0 fully saturated rings. The van der Waals surface area contributed by atoms with Crippen LogP contribution in [0.25, 0.3) is 0 Å². The summed E-state index contributed by atoms with van der Waals surface area (Å²) >= 11 is 0. The van der Waals surface area contributed by atoms with Gasteiger partial charge in [-0.15, -0.1) is 0 Å². The molecule has 0 spiro atoms. The molecule has 0 aliphatic heterocycles. The number of ketones is 1. The van der Waals surface area contributed by atoms with E-state index in [4.69, 9.17) is 0 Å². The molecule has 0 unspecified atom stereocenters. The summed E-state index contributed by atoms with van der Waals surface area (Å²) in [5.74, 6) is 0.772. The summed E-state index contributed by atoms with van der Waals surface area (Å²) in [4.78, 5) is 17.5. The molecule has 0 saturated carbocycles. The van der Waals surface area contributed by atoms with E-state index in [1.165, 1.54) is 6.08 Å². The maximum atomic E-state index is 11.5. The molecule has 0 aliphatic carbocycles. The Hall–Kier alpha value is -1.58. The molecule has 76 valence electrons. The lowest BCUT2D eigenvalue weighted by molar-refractivity contribution is 0.104. The average molecular weight is 193 g/mol. The molecule has 0 atom stereocenters. The standard InChI is InChI=1S/C10H15N3O/c1-8-11-9(7-13(8)4)10(14)5-6-12(2)3/h5-7H,1-4H3. The minimum absolute atomic E-state index is 0.0672. The number of aromatic nitrogens is 2. The Morgan fingerprint density at radius 3 is 2.64 bits per heavy atom. The molecule has 0 saturated heterocycles. The molecule has 0 aliphatic rings. The van der Waals surface area contributed by atoms with Crippen LogP contribution in [0.15, 0.2) is 18.5 Å². The first-order valence-corrected chi connectivity index (χ1v) is 4.39. The number of carbonyl (C=O) groups excluding carboxylic acids is 1. The molecule has 4 nitrogen and oxygen atoms in total. The highest BCUT2D eigenvalue weighted by Crippen LogP contribution is 2.01. The summed E-state index contributed by atoms with van der Waals surface area (Å²) in [6.07, 6.45) is 4.96. The van der Waals surface area contributed by atoms with Crippen molar-refractivity contribution in [2.24, 2.45) is 7.05 Å². The summed E-state index contributed by atoms with van der Waals surface area (Å²) in [6, 6.07) is 0. The molecule has 0 N–H and O–H groups in total. The highest BCUT2D eigenvalue weighted by Gasteiger charge is 2.06. The van der Waals surface area contributed by atoms with Gasteiger partial charge in [0.2, 0.25) is 5.78 Å². The summed E-state index contributed by atoms with van der Waals surface area (Å²) in [6.45, 7) is 1.87. The van der Waals surface area contributed by atoms with E-state index in [0.29, 0.717) is 5.69 Å². The molecule has 14 heavy (non-hydrogen) atoms. The zero-order valence-corrected chi connectivity index (χ0v) is 8.98. The number of carbonyl (C=O) groups is 1. The third-order valence-electron chi connectivity index (χ3n) is 1.89. The lowest BCUT2D eigenvalue weighted by Gasteiger charge is -2.01. The van der Waals surface area contributed by atoms with Crippen molar-refractivity contribution in [3.8, 4) is 0 Å². The van der Waals surface area contributed by atoms with Crippen LogP contribution in [0.2, 0.25) is 0 Å². The fourth-order valence-corrected chi connectivity index (χ4v) is 0.980. The number of imidazole rings is 1. The van der Waals surface area contributed by atoms with Crippen molar-refractivity contribution >= 4 is 5.78 Å². The van der Waals surface area contributed by atoms with Crippen molar-refractivity contribution in [1.82, 2.24) is 14.5 Å². The van der Waals surface area contributed by atoms with E-state index >= 15 is 0 Å². The van der Waals surface area contributed by atoms with Crippen LogP contribution in [0.5, 0.6) is 0 Å². The van der Waals surface area contributed by atoms with Gasteiger partial charge < -0.3 is 9.47 Å². The lowest BCUT2D eigenvalue weighted by Crippen LogP contribution is -2.03. The van der Waals surface area contributed by atoms with Gasteiger partial charge in [0, 0.05) is 39.6 Å². The van der Waals surface area contributed by atoms with Crippen molar-refractivity contribution in [2.75, 3.05) is 14.1 Å². The van der Waals surface area contributed by atoms with Gasteiger partial charge in [0.25, 0.3) is 0 Å². The van der Waals surface area contributed by atoms with Gasteiger partial charge in [-0.25, -0.2) is 4.98 Å². The minimum Gasteiger partial charge on any atom is -0.383 e. The molecular formula is C10H15N3O. The van der Waals surface area contributed by atoms with Crippen LogP contribution in [0.4, 0.5) is 0 Å². The summed E-state index contributed by atoms with van der Waals surface area (Å²) in [7, 11) is 5.61. The van der Waals surface area contributed by atoms with E-state index in [2.05, 4.69) is 4.98 Å². The smallest absolute Gasteiger partial charge is 0.207 e. The van der Waals surface area contributed by atoms with Gasteiger partial charge >= 0.3 is 0 Å². The Morgan fingerprint density at radius 1 is 1.57 bits per heavy atom. The van der Waals surface area contributed by atoms with E-state index in [1.807, 2.05) is 37.5 Å². The molecule has 1 aromatic rings. The SMILES string of the molecule is Cc1nc(C(=O)C=CN(C)C)cn1C. The molecule has 0 aromatic carbocycles. The number of rotatable bonds is 3. The third kappa shape index (κ3) is 2.45. The first-order chi connectivity index (χ1) is 6.50. The van der Waals surface area contributed by atoms with Crippen molar-refractivity contribution in [3.63, 3.8) is 0 Å². The lowest BCUT2D eigenvalue weighted by atomic mass is 10.3. The van der Waals surface area contributed by atoms with Gasteiger partial charge in [0.1, 0.15) is 11.5 Å². The van der Waals surface area contributed by atoms with Crippen molar-refractivity contribution in [2.45, 2.75) is 6.92 Å². The van der Waals surface area contributed by atoms with E-state index in [-0.39, 0.29) is 5.78 Å². The fourth-order valence-electron chi connectivity index (χ4n) is 0.980. The Labute approximate surface area is 83.9 Å². The summed E-state index contributed by atoms with van der Waals surface area (Å²) in [5, 5.41) is 0. The molecule has 1 aromatic heterocycles. The van der Waals surface area contributed by atoms with Gasteiger partial charge in [-0.05, 0) is 6.92 Å². The molecule has 0 bridgehead atoms. The zero-order valence-electron chi connectivity index (χ0n) is 8.98. The number of hydrogen-bond acceptors (Lipinski definition) is 3. The number of allylic oxidation sites excluding steroid dienone is 1. The quantitative estimate of drug-likeness (QED) is 0.530. The van der Waals surface area contributed by atoms with Crippen LogP contribution < -0.4 is 0 Å². The first kappa shape index (κ1) is 10.5. The maximum Gasteiger partial charge on any atom is 0.207 e. The highest BCUT2D eigenvalue weighted by molar-refractivity contribution is 6.02. The van der Waals surface area contributed by atoms with Crippen LogP contribution in [0, 0.1) is 6.92 Å². The van der Waals surface area contributed by atoms with Crippen LogP contribution >= 0.6 is 0 Å². The topological polar surface area (TPSA) is 38.1 Å². The van der Waals surface area contributed by atoms with Gasteiger partial charge in [0.05, 0.1) is 0 Å². The fraction of sp³-hybridized carbons (Fsp3) is 0.400. The molecule has 0 radical (unpaired) electrons. The van der Waals surface area contributed by atoms with Gasteiger partial charge in [-0.1, -0.05) is 0 Å². The average Bonchev–Trinajstić information content (AvgIpc) is 2.43. The van der Waals surface area contributed by atoms with Crippen molar-refractivity contribution in [1.29, 1.82) is 0 Å². The summed E-state index contributed by atoms with van der Waals surface area (Å²) in [5.41, 5.74) is 0.489. The normalized spacial score (nSPS) is 10.9. The maximum absolute atomic E-state index is 11.5. The zero-order chi connectivity index (χ0) is 10.7. The Morgan fingerprint density at radius 2 is 2.21 bits per heavy atom. The van der Waals surface area contributed by atoms with Crippen LogP contribution in [-0.2, 0) is 7.05 Å². The Bertz CT molecular complexity index is 344. The second-order valence-corrected chi connectivity index (χ2v) is 3.43. The van der Waals surface area contributed by atoms with Gasteiger partial charge in [-0.3, -0.25) is 4.79 Å². The molecule has 0 amide bonds. The third-order valence-corrected chi connectivity index (χ3v) is 1.89. The summed E-state index contributed by atoms with van der Waals surface area (Å²) < 4.78 is 1.83. The van der Waals surface area contributed by atoms with Crippen molar-refractivity contribution in [3.05, 3.63) is 30.0 Å². The monoisotopic (exact) mass is 193 g/mol. The van der Waals surface area contributed by atoms with Crippen LogP contribution in [-0.4, -0.2) is 34.3 Å². The molecular weight excluding hydrogens is 178 g/mol. The molecule has 1 rings (SSSR count). The van der Waals surface area contributed by atoms with E-state index < -0.39 is 0 Å². The van der Waals surface area contributed by atoms with Crippen LogP contribution in [0.3, 0.4) is 0 Å². The Kier molecular flexibility index (Phi) is 3.06. The minimum atomic E-state index is -0.0672. The molecule has 4 heteroatoms.